The molecule has 1 amide bonds. The molecule has 1 unspecified atom stereocenters. The Morgan fingerprint density at radius 1 is 0.886 bits per heavy atom. The van der Waals surface area contributed by atoms with Crippen LogP contribution in [0.1, 0.15) is 55.1 Å². The van der Waals surface area contributed by atoms with Gasteiger partial charge in [-0.05, 0) is 122 Å². The molecule has 3 atom stereocenters. The van der Waals surface area contributed by atoms with E-state index in [9.17, 15) is 39.9 Å². The Morgan fingerprint density at radius 2 is 1.56 bits per heavy atom. The van der Waals surface area contributed by atoms with E-state index in [0.29, 0.717) is 75.4 Å². The minimum atomic E-state index is -6.10. The molecule has 19 heteroatoms. The SMILES string of the molecule is CCN(CC)C[C@H]1CN(CC[C@H](CSc2ccccc2)Nc2ccc(S(=O)(=O)NC(=O)c3ccc(N4CCC(C(O)c5ccccc5-c5ccc(Cl)cc5)CC4)cc3)cc2S(=O)(=O)C(F)(F)F)CCO1. The van der Waals surface area contributed by atoms with Crippen molar-refractivity contribution in [2.24, 2.45) is 5.92 Å². The van der Waals surface area contributed by atoms with Gasteiger partial charge in [0.15, 0.2) is 0 Å². The molecule has 2 aliphatic heterocycles. The number of carbonyl (C=O) groups excluding carboxylic acids is 1. The second-order valence-electron chi connectivity index (χ2n) is 17.5. The molecule has 5 aromatic carbocycles. The van der Waals surface area contributed by atoms with E-state index in [2.05, 4.69) is 33.9 Å². The number of nitrogens with zero attached hydrogens (tertiary/aromatic N) is 3. The number of likely N-dealkylation sites (N-methyl/N-ethyl adjacent to an activating group) is 1. The van der Waals surface area contributed by atoms with Crippen LogP contribution in [-0.2, 0) is 24.6 Å². The summed E-state index contributed by atoms with van der Waals surface area (Å²) in [6.45, 7) is 10.3. The van der Waals surface area contributed by atoms with Gasteiger partial charge in [-0.3, -0.25) is 9.69 Å². The normalized spacial score (nSPS) is 17.3. The minimum absolute atomic E-state index is 0.0204. The molecule has 0 aromatic heterocycles. The highest BCUT2D eigenvalue weighted by Crippen LogP contribution is 2.39. The average Bonchev–Trinajstić information content (AvgIpc) is 3.36. The van der Waals surface area contributed by atoms with E-state index in [1.54, 1.807) is 12.1 Å². The second-order valence-corrected chi connectivity index (χ2v) is 22.6. The third-order valence-corrected chi connectivity index (χ3v) is 17.2. The number of alkyl halides is 3. The molecule has 0 aliphatic carbocycles. The Kier molecular flexibility index (Phi) is 18.0. The Morgan fingerprint density at radius 3 is 2.23 bits per heavy atom. The summed E-state index contributed by atoms with van der Waals surface area (Å²) in [5.41, 5.74) is -2.75. The van der Waals surface area contributed by atoms with Gasteiger partial charge in [0.25, 0.3) is 25.8 Å². The van der Waals surface area contributed by atoms with Crippen LogP contribution >= 0.6 is 23.4 Å². The fraction of sp³-hybridized carbons (Fsp3) is 0.392. The van der Waals surface area contributed by atoms with Crippen molar-refractivity contribution in [3.05, 3.63) is 137 Å². The van der Waals surface area contributed by atoms with Crippen molar-refractivity contribution in [1.29, 1.82) is 0 Å². The fourth-order valence-electron chi connectivity index (χ4n) is 8.91. The van der Waals surface area contributed by atoms with Gasteiger partial charge < -0.3 is 25.0 Å². The Labute approximate surface area is 418 Å². The maximum absolute atomic E-state index is 14.3. The Bertz CT molecular complexity index is 2750. The van der Waals surface area contributed by atoms with Crippen molar-refractivity contribution in [1.82, 2.24) is 14.5 Å². The second kappa shape index (κ2) is 23.7. The van der Waals surface area contributed by atoms with Crippen molar-refractivity contribution in [3.63, 3.8) is 0 Å². The predicted octanol–water partition coefficient (Wildman–Crippen LogP) is 9.37. The number of aliphatic hydroxyl groups excluding tert-OH is 1. The molecule has 70 heavy (non-hydrogen) atoms. The standard InChI is InChI=1S/C51H59ClF3N5O7S3/c1-3-58(4-2)33-42-34-59(30-31-67-42)27-26-40(35-68-43-10-6-5-7-11-43)56-47-23-22-44(32-48(47)69(63,64)51(53,54)55)70(65,66)57-50(62)38-16-20-41(21-17-38)60-28-24-37(25-29-60)49(61)46-13-9-8-12-45(46)36-14-18-39(52)19-15-36/h5-23,32,37,40,42,49,56,61H,3-4,24-31,33-35H2,1-2H3,(H,57,62)/t40-,42+,49?/m1/s1. The number of rotatable bonds is 20. The van der Waals surface area contributed by atoms with Crippen LogP contribution in [0.2, 0.25) is 5.02 Å². The number of sulfone groups is 1. The van der Waals surface area contributed by atoms with Crippen LogP contribution in [0.4, 0.5) is 24.5 Å². The summed E-state index contributed by atoms with van der Waals surface area (Å²) >= 11 is 7.56. The molecule has 0 saturated carbocycles. The number of carbonyl (C=O) groups is 1. The molecule has 376 valence electrons. The van der Waals surface area contributed by atoms with E-state index in [1.165, 1.54) is 23.9 Å². The number of hydrogen-bond acceptors (Lipinski definition) is 12. The van der Waals surface area contributed by atoms with Gasteiger partial charge in [-0.2, -0.15) is 13.2 Å². The number of ether oxygens (including phenoxy) is 1. The first-order chi connectivity index (χ1) is 33.4. The van der Waals surface area contributed by atoms with Crippen LogP contribution in [0.3, 0.4) is 0 Å². The van der Waals surface area contributed by atoms with Crippen molar-refractivity contribution in [3.8, 4) is 11.1 Å². The number of hydrogen-bond donors (Lipinski definition) is 3. The molecule has 0 spiro atoms. The van der Waals surface area contributed by atoms with Gasteiger partial charge in [-0.25, -0.2) is 21.6 Å². The molecule has 12 nitrogen and oxygen atoms in total. The topological polar surface area (TPSA) is 149 Å². The number of piperidine rings is 1. The van der Waals surface area contributed by atoms with Gasteiger partial charge in [0.05, 0.1) is 29.4 Å². The third kappa shape index (κ3) is 13.4. The fourth-order valence-corrected chi connectivity index (χ4v) is 12.0. The molecule has 2 saturated heterocycles. The van der Waals surface area contributed by atoms with Gasteiger partial charge in [0.1, 0.15) is 4.90 Å². The van der Waals surface area contributed by atoms with Gasteiger partial charge in [-0.1, -0.05) is 80.0 Å². The molecule has 2 fully saturated rings. The van der Waals surface area contributed by atoms with Crippen LogP contribution in [0.5, 0.6) is 0 Å². The largest absolute Gasteiger partial charge is 0.501 e. The first-order valence-corrected chi connectivity index (χ1v) is 27.7. The van der Waals surface area contributed by atoms with Gasteiger partial charge in [0.2, 0.25) is 0 Å². The number of morpholine rings is 1. The summed E-state index contributed by atoms with van der Waals surface area (Å²) in [6.07, 6.45) is 1.04. The lowest BCUT2D eigenvalue weighted by molar-refractivity contribution is -0.0436. The van der Waals surface area contributed by atoms with Crippen molar-refractivity contribution in [2.45, 2.75) is 71.6 Å². The molecule has 7 rings (SSSR count). The number of sulfonamides is 1. The maximum atomic E-state index is 14.3. The summed E-state index contributed by atoms with van der Waals surface area (Å²) in [4.78, 5) is 18.8. The van der Waals surface area contributed by atoms with Crippen LogP contribution in [0.25, 0.3) is 11.1 Å². The average molecular weight is 1040 g/mol. The molecular weight excluding hydrogens is 983 g/mol. The first kappa shape index (κ1) is 53.1. The summed E-state index contributed by atoms with van der Waals surface area (Å²) in [5.74, 6) is -0.733. The maximum Gasteiger partial charge on any atom is 0.501 e. The lowest BCUT2D eigenvalue weighted by atomic mass is 9.84. The van der Waals surface area contributed by atoms with Crippen molar-refractivity contribution >= 4 is 60.5 Å². The zero-order valence-electron chi connectivity index (χ0n) is 39.0. The monoisotopic (exact) mass is 1040 g/mol. The number of amides is 1. The van der Waals surface area contributed by atoms with Crippen LogP contribution in [0, 0.1) is 5.92 Å². The zero-order chi connectivity index (χ0) is 50.1. The highest BCUT2D eigenvalue weighted by molar-refractivity contribution is 7.99. The lowest BCUT2D eigenvalue weighted by Crippen LogP contribution is -2.48. The van der Waals surface area contributed by atoms with Gasteiger partial charge >= 0.3 is 5.51 Å². The van der Waals surface area contributed by atoms with E-state index in [1.807, 2.05) is 83.6 Å². The summed E-state index contributed by atoms with van der Waals surface area (Å²) in [5, 5.41) is 15.2. The number of benzene rings is 5. The van der Waals surface area contributed by atoms with E-state index in [-0.39, 0.29) is 17.6 Å². The van der Waals surface area contributed by atoms with E-state index in [0.717, 1.165) is 59.0 Å². The van der Waals surface area contributed by atoms with E-state index < -0.39 is 58.9 Å². The van der Waals surface area contributed by atoms with E-state index in [4.69, 9.17) is 16.3 Å². The van der Waals surface area contributed by atoms with Crippen molar-refractivity contribution < 1.29 is 44.6 Å². The molecule has 0 bridgehead atoms. The smallest absolute Gasteiger partial charge is 0.388 e. The summed E-state index contributed by atoms with van der Waals surface area (Å²) in [7, 11) is -11.0. The molecular formula is C51H59ClF3N5O7S3. The quantitative estimate of drug-likeness (QED) is 0.0638. The van der Waals surface area contributed by atoms with E-state index >= 15 is 0 Å². The third-order valence-electron chi connectivity index (χ3n) is 12.9. The minimum Gasteiger partial charge on any atom is -0.388 e. The number of aliphatic hydroxyl groups is 1. The number of anilines is 2. The number of thioether (sulfide) groups is 1. The van der Waals surface area contributed by atoms with Gasteiger partial charge in [-0.15, -0.1) is 11.8 Å². The lowest BCUT2D eigenvalue weighted by Gasteiger charge is -2.36. The number of nitrogens with one attached hydrogen (secondary N) is 2. The van der Waals surface area contributed by atoms with Gasteiger partial charge in [0, 0.05) is 72.2 Å². The number of halogens is 4. The Hall–Kier alpha value is -4.66. The molecule has 0 radical (unpaired) electrons. The highest BCUT2D eigenvalue weighted by atomic mass is 35.5. The molecule has 2 aliphatic rings. The van der Waals surface area contributed by atoms with Crippen LogP contribution < -0.4 is 14.9 Å². The van der Waals surface area contributed by atoms with Crippen molar-refractivity contribution in [2.75, 3.05) is 74.9 Å². The zero-order valence-corrected chi connectivity index (χ0v) is 42.2. The molecule has 2 heterocycles. The Balaban J connectivity index is 1.03. The predicted molar refractivity (Wildman–Crippen MR) is 271 cm³/mol. The van der Waals surface area contributed by atoms with Crippen LogP contribution in [-0.4, -0.2) is 120 Å². The highest BCUT2D eigenvalue weighted by Gasteiger charge is 2.48. The molecule has 5 aromatic rings. The van der Waals surface area contributed by atoms with Crippen LogP contribution in [0.15, 0.2) is 136 Å². The first-order valence-electron chi connectivity index (χ1n) is 23.4. The molecule has 3 N–H and O–H groups in total. The summed E-state index contributed by atoms with van der Waals surface area (Å²) in [6, 6.07) is 32.7. The summed E-state index contributed by atoms with van der Waals surface area (Å²) < 4.78 is 105.